The van der Waals surface area contributed by atoms with Gasteiger partial charge in [-0.3, -0.25) is 34.7 Å². The number of rotatable bonds is 24. The van der Waals surface area contributed by atoms with Gasteiger partial charge in [-0.2, -0.15) is 0 Å². The second-order valence-corrected chi connectivity index (χ2v) is 22.0. The maximum Gasteiger partial charge on any atom is 0.218 e. The van der Waals surface area contributed by atoms with Crippen molar-refractivity contribution in [2.24, 2.45) is 0 Å². The molecule has 0 saturated carbocycles. The highest BCUT2D eigenvalue weighted by molar-refractivity contribution is 7.82. The van der Waals surface area contributed by atoms with E-state index in [0.29, 0.717) is 6.92 Å². The fourth-order valence-corrected chi connectivity index (χ4v) is 10.3. The Hall–Kier alpha value is -3.30. The number of aliphatic hydroxyl groups excluding tert-OH is 3. The molecule has 4 fully saturated rings. The first kappa shape index (κ1) is 66.2. The third-order valence-corrected chi connectivity index (χ3v) is 13.1. The molecule has 4 aliphatic heterocycles. The molecular formula is C29H38N2O40S6-8. The van der Waals surface area contributed by atoms with Gasteiger partial charge in [0.2, 0.25) is 74.2 Å². The molecule has 0 aromatic rings. The van der Waals surface area contributed by atoms with Crippen molar-refractivity contribution in [3.05, 3.63) is 0 Å². The molecule has 0 aromatic carbocycles. The third kappa shape index (κ3) is 19.4. The fourth-order valence-electron chi connectivity index (χ4n) is 7.72. The molecule has 0 spiro atoms. The van der Waals surface area contributed by atoms with Crippen molar-refractivity contribution < 1.29 is 181 Å². The molecular weight excluding hydrogens is 1210 g/mol. The first-order valence-corrected chi connectivity index (χ1v) is 28.2. The third-order valence-electron chi connectivity index (χ3n) is 10.4. The summed E-state index contributed by atoms with van der Waals surface area (Å²) in [6.45, 7) is -1.26. The Balaban J connectivity index is 1.95. The van der Waals surface area contributed by atoms with E-state index in [1.165, 1.54) is 0 Å². The SMILES string of the molecule is CC(=O)NC1C(C)OC(COS(=O)(=O)[O-])C(OS(=O)(=O)[O-])C1OC1OC(C(=O)[O-])C(OC2OC(COS(=O)(=O)[O-])C(OS(=O)(=O)[O-])C(OC3OC(C(=O)[O-])C(O)C(O)C3OS(=O)(=O)[O-])C2NC(C)=O)C(O)C1OS(=O)(=O)[O-]. The van der Waals surface area contributed by atoms with E-state index in [9.17, 15) is 123 Å². The Labute approximate surface area is 432 Å². The molecule has 0 bridgehead atoms. The summed E-state index contributed by atoms with van der Waals surface area (Å²) in [7, 11) is -36.8. The van der Waals surface area contributed by atoms with Gasteiger partial charge in [0.25, 0.3) is 0 Å². The zero-order valence-electron chi connectivity index (χ0n) is 37.9. The zero-order chi connectivity index (χ0) is 58.9. The number of carbonyl (C=O) groups excluding carboxylic acids is 4. The first-order valence-electron chi connectivity index (χ1n) is 20.2. The normalized spacial score (nSPS) is 36.8. The van der Waals surface area contributed by atoms with Crippen LogP contribution in [0.15, 0.2) is 0 Å². The summed E-state index contributed by atoms with van der Waals surface area (Å²) in [4.78, 5) is 49.9. The highest BCUT2D eigenvalue weighted by Crippen LogP contribution is 2.38. The van der Waals surface area contributed by atoms with E-state index < -0.39 is 222 Å². The minimum atomic E-state index is -6.36. The largest absolute Gasteiger partial charge is 0.726 e. The summed E-state index contributed by atoms with van der Waals surface area (Å²) in [6.07, 6.45) is -52.0. The van der Waals surface area contributed by atoms with Crippen molar-refractivity contribution in [3.8, 4) is 0 Å². The summed E-state index contributed by atoms with van der Waals surface area (Å²) in [5.41, 5.74) is 0. The van der Waals surface area contributed by atoms with Gasteiger partial charge in [0, 0.05) is 13.8 Å². The van der Waals surface area contributed by atoms with Gasteiger partial charge in [0.1, 0.15) is 79.3 Å². The Morgan fingerprint density at radius 3 is 1.18 bits per heavy atom. The molecule has 42 nitrogen and oxygen atoms in total. The molecule has 448 valence electrons. The number of aliphatic hydroxyl groups is 3. The number of hydrogen-bond acceptors (Lipinski definition) is 40. The van der Waals surface area contributed by atoms with E-state index in [2.05, 4.69) is 30.4 Å². The van der Waals surface area contributed by atoms with E-state index in [4.69, 9.17) is 33.2 Å². The van der Waals surface area contributed by atoms with Crippen molar-refractivity contribution in [3.63, 3.8) is 0 Å². The number of carboxylic acids is 2. The van der Waals surface area contributed by atoms with Gasteiger partial charge in [-0.25, -0.2) is 50.5 Å². The van der Waals surface area contributed by atoms with Crippen LogP contribution in [0.2, 0.25) is 0 Å². The first-order chi connectivity index (χ1) is 34.8. The molecule has 4 aliphatic rings. The van der Waals surface area contributed by atoms with E-state index >= 15 is 0 Å². The zero-order valence-corrected chi connectivity index (χ0v) is 42.8. The van der Waals surface area contributed by atoms with Gasteiger partial charge >= 0.3 is 0 Å². The minimum absolute atomic E-state index is 0.539. The topological polar surface area (TPSA) is 662 Å². The molecule has 4 heterocycles. The van der Waals surface area contributed by atoms with E-state index in [1.807, 2.05) is 5.32 Å². The molecule has 20 atom stereocenters. The van der Waals surface area contributed by atoms with Crippen LogP contribution in [0.3, 0.4) is 0 Å². The maximum absolute atomic E-state index is 12.9. The number of carboxylic acid groups (broad SMARTS) is 2. The summed E-state index contributed by atoms with van der Waals surface area (Å²) < 4.78 is 276. The van der Waals surface area contributed by atoms with Crippen molar-refractivity contribution >= 4 is 86.1 Å². The predicted molar refractivity (Wildman–Crippen MR) is 208 cm³/mol. The molecule has 2 amide bonds. The molecule has 0 aliphatic carbocycles. The lowest BCUT2D eigenvalue weighted by Crippen LogP contribution is -2.72. The van der Waals surface area contributed by atoms with Crippen LogP contribution in [-0.4, -0.2) is 253 Å². The number of nitrogens with one attached hydrogen (secondary N) is 2. The highest BCUT2D eigenvalue weighted by Gasteiger charge is 2.59. The molecule has 0 aromatic heterocycles. The maximum atomic E-state index is 12.9. The minimum Gasteiger partial charge on any atom is -0.726 e. The van der Waals surface area contributed by atoms with Gasteiger partial charge in [-0.15, -0.1) is 0 Å². The average molecular weight is 1250 g/mol. The van der Waals surface area contributed by atoms with E-state index in [-0.39, 0.29) is 0 Å². The van der Waals surface area contributed by atoms with E-state index in [1.54, 1.807) is 0 Å². The smallest absolute Gasteiger partial charge is 0.218 e. The molecule has 0 radical (unpaired) electrons. The van der Waals surface area contributed by atoms with Crippen LogP contribution in [-0.2, 0) is 140 Å². The lowest BCUT2D eigenvalue weighted by Gasteiger charge is -2.52. The number of hydrogen-bond donors (Lipinski definition) is 5. The van der Waals surface area contributed by atoms with E-state index in [0.717, 1.165) is 13.8 Å². The molecule has 20 unspecified atom stereocenters. The van der Waals surface area contributed by atoms with Gasteiger partial charge in [-0.05, 0) is 6.92 Å². The van der Waals surface area contributed by atoms with Crippen LogP contribution in [0.4, 0.5) is 0 Å². The quantitative estimate of drug-likeness (QED) is 0.0442. The van der Waals surface area contributed by atoms with Gasteiger partial charge in [0.05, 0.1) is 37.3 Å². The summed E-state index contributed by atoms with van der Waals surface area (Å²) in [5, 5.41) is 61.4. The Morgan fingerprint density at radius 1 is 0.442 bits per heavy atom. The van der Waals surface area contributed by atoms with Crippen molar-refractivity contribution in [2.75, 3.05) is 13.2 Å². The van der Waals surface area contributed by atoms with Crippen LogP contribution in [0, 0.1) is 0 Å². The van der Waals surface area contributed by atoms with Crippen molar-refractivity contribution in [1.29, 1.82) is 0 Å². The van der Waals surface area contributed by atoms with Crippen LogP contribution in [0.25, 0.3) is 0 Å². The van der Waals surface area contributed by atoms with Gasteiger partial charge in [-0.1, -0.05) is 0 Å². The number of amides is 2. The molecule has 48 heteroatoms. The highest BCUT2D eigenvalue weighted by atomic mass is 32.3. The summed E-state index contributed by atoms with van der Waals surface area (Å²) in [6, 6.07) is -4.76. The number of aliphatic carboxylic acids is 2. The Bertz CT molecular complexity index is 2830. The van der Waals surface area contributed by atoms with Crippen molar-refractivity contribution in [2.45, 2.75) is 143 Å². The molecule has 4 rings (SSSR count). The average Bonchev–Trinajstić information content (AvgIpc) is 3.22. The monoisotopic (exact) mass is 1250 g/mol. The van der Waals surface area contributed by atoms with Crippen LogP contribution in [0.1, 0.15) is 20.8 Å². The molecule has 4 saturated heterocycles. The fraction of sp³-hybridized carbons (Fsp3) is 0.862. The van der Waals surface area contributed by atoms with Gasteiger partial charge < -0.3 is 106 Å². The lowest BCUT2D eigenvalue weighted by atomic mass is 9.92. The standard InChI is InChI=1S/C29H46N2O40S6/c1-6-11(30-7(2)32)18(16(68-74(47,48)49)9(61-6)4-59-72(41,42)43)63-29-23(71-77(56,57)58)15(36)20(24(67-29)26(39)40)65-27-12(31-8(3)33)19(17(69-75(50,51)52)10(62-27)5-60-73(44,45)46)64-28-22(70-76(53,54)55)14(35)13(34)21(66-28)25(37)38/h6,9-24,27-29,34-36H,4-5H2,1-3H3,(H,30,32)(H,31,33)(H,37,38)(H,39,40)(H,41,42,43)(H,44,45,46)(H,47,48,49)(H,50,51,52)(H,53,54,55)(H,56,57,58)/p-8. The lowest BCUT2D eigenvalue weighted by molar-refractivity contribution is -0.381. The van der Waals surface area contributed by atoms with Gasteiger partial charge in [0.15, 0.2) is 31.1 Å². The predicted octanol–water partition coefficient (Wildman–Crippen LogP) is -14.0. The summed E-state index contributed by atoms with van der Waals surface area (Å²) in [5.74, 6) is -7.75. The Kier molecular flexibility index (Phi) is 21.7. The van der Waals surface area contributed by atoms with Crippen LogP contribution in [0.5, 0.6) is 0 Å². The van der Waals surface area contributed by atoms with Crippen molar-refractivity contribution in [1.82, 2.24) is 10.6 Å². The summed E-state index contributed by atoms with van der Waals surface area (Å²) >= 11 is 0. The van der Waals surface area contributed by atoms with Crippen LogP contribution < -0.4 is 20.8 Å². The second kappa shape index (κ2) is 25.2. The number of carbonyl (C=O) groups is 4. The molecule has 5 N–H and O–H groups in total. The Morgan fingerprint density at radius 2 is 0.792 bits per heavy atom. The molecule has 77 heavy (non-hydrogen) atoms. The number of ether oxygens (including phenoxy) is 7. The second-order valence-electron chi connectivity index (χ2n) is 15.9. The van der Waals surface area contributed by atoms with Crippen LogP contribution >= 0.6 is 0 Å².